The molecule has 0 aliphatic carbocycles. The van der Waals surface area contributed by atoms with Gasteiger partial charge in [0.15, 0.2) is 0 Å². The van der Waals surface area contributed by atoms with Crippen LogP contribution in [-0.4, -0.2) is 27.8 Å². The van der Waals surface area contributed by atoms with E-state index in [0.717, 1.165) is 4.90 Å². The molecule has 1 aliphatic rings. The van der Waals surface area contributed by atoms with Gasteiger partial charge in [-0.05, 0) is 24.6 Å². The van der Waals surface area contributed by atoms with E-state index in [4.69, 9.17) is 5.11 Å². The third-order valence-electron chi connectivity index (χ3n) is 2.73. The number of benzene rings is 1. The van der Waals surface area contributed by atoms with Gasteiger partial charge in [-0.15, -0.1) is 0 Å². The van der Waals surface area contributed by atoms with Gasteiger partial charge in [-0.1, -0.05) is 12.1 Å². The fraction of sp³-hybridized carbons (Fsp3) is 0.154. The summed E-state index contributed by atoms with van der Waals surface area (Å²) in [5.74, 6) is -1.64. The summed E-state index contributed by atoms with van der Waals surface area (Å²) >= 11 is 0. The Morgan fingerprint density at radius 1 is 1.22 bits per heavy atom. The molecule has 0 spiro atoms. The Kier molecular flexibility index (Phi) is 2.97. The number of amides is 2. The van der Waals surface area contributed by atoms with Gasteiger partial charge in [0.05, 0.1) is 12.1 Å². The van der Waals surface area contributed by atoms with Gasteiger partial charge in [-0.3, -0.25) is 14.5 Å². The zero-order chi connectivity index (χ0) is 13.3. The molecule has 92 valence electrons. The molecule has 1 aliphatic heterocycles. The first-order valence-electron chi connectivity index (χ1n) is 5.35. The monoisotopic (exact) mass is 245 g/mol. The van der Waals surface area contributed by atoms with Crippen molar-refractivity contribution in [1.29, 1.82) is 0 Å². The van der Waals surface area contributed by atoms with Crippen molar-refractivity contribution in [3.05, 3.63) is 47.0 Å². The van der Waals surface area contributed by atoms with E-state index in [1.807, 2.05) is 0 Å². The van der Waals surface area contributed by atoms with Crippen molar-refractivity contribution >= 4 is 17.8 Å². The number of carboxylic acids is 1. The molecule has 1 N–H and O–H groups in total. The molecule has 1 heterocycles. The fourth-order valence-corrected chi connectivity index (χ4v) is 1.72. The summed E-state index contributed by atoms with van der Waals surface area (Å²) in [6, 6.07) is 6.08. The lowest BCUT2D eigenvalue weighted by atomic mass is 10.1. The molecule has 1 aromatic rings. The van der Waals surface area contributed by atoms with Gasteiger partial charge < -0.3 is 5.11 Å². The van der Waals surface area contributed by atoms with Gasteiger partial charge in [-0.2, -0.15) is 0 Å². The van der Waals surface area contributed by atoms with Gasteiger partial charge in [0, 0.05) is 11.6 Å². The second-order valence-electron chi connectivity index (χ2n) is 4.06. The number of hydrogen-bond donors (Lipinski definition) is 1. The van der Waals surface area contributed by atoms with E-state index in [1.54, 1.807) is 19.1 Å². The molecule has 2 amide bonds. The summed E-state index contributed by atoms with van der Waals surface area (Å²) in [4.78, 5) is 35.0. The predicted octanol–water partition coefficient (Wildman–Crippen LogP) is 1.20. The van der Waals surface area contributed by atoms with Crippen LogP contribution in [0.2, 0.25) is 0 Å². The molecular weight excluding hydrogens is 234 g/mol. The number of imide groups is 1. The molecule has 5 nitrogen and oxygen atoms in total. The van der Waals surface area contributed by atoms with E-state index >= 15 is 0 Å². The number of hydrogen-bond acceptors (Lipinski definition) is 3. The number of nitrogens with zero attached hydrogens (tertiary/aromatic N) is 1. The van der Waals surface area contributed by atoms with Crippen LogP contribution >= 0.6 is 0 Å². The first-order valence-corrected chi connectivity index (χ1v) is 5.35. The minimum atomic E-state index is -1.01. The Balaban J connectivity index is 2.13. The normalized spacial score (nSPS) is 14.9. The second-order valence-corrected chi connectivity index (χ2v) is 4.06. The minimum Gasteiger partial charge on any atom is -0.478 e. The molecule has 0 fully saturated rings. The maximum atomic E-state index is 11.6. The highest BCUT2D eigenvalue weighted by Gasteiger charge is 2.28. The lowest BCUT2D eigenvalue weighted by Gasteiger charge is -2.14. The molecule has 0 saturated carbocycles. The van der Waals surface area contributed by atoms with Crippen LogP contribution in [0, 0.1) is 0 Å². The summed E-state index contributed by atoms with van der Waals surface area (Å²) in [6.45, 7) is 1.75. The lowest BCUT2D eigenvalue weighted by Crippen LogP contribution is -2.30. The van der Waals surface area contributed by atoms with Crippen molar-refractivity contribution in [2.24, 2.45) is 0 Å². The third kappa shape index (κ3) is 2.15. The summed E-state index contributed by atoms with van der Waals surface area (Å²) in [7, 11) is 0. The maximum absolute atomic E-state index is 11.6. The molecule has 0 bridgehead atoms. The van der Waals surface area contributed by atoms with E-state index in [0.29, 0.717) is 11.1 Å². The largest absolute Gasteiger partial charge is 0.478 e. The molecule has 0 saturated heterocycles. The number of aromatic carboxylic acids is 1. The summed E-state index contributed by atoms with van der Waals surface area (Å²) in [6.07, 6.45) is 1.30. The lowest BCUT2D eigenvalue weighted by molar-refractivity contribution is -0.137. The van der Waals surface area contributed by atoms with Crippen molar-refractivity contribution in [3.8, 4) is 0 Å². The average Bonchev–Trinajstić information content (AvgIpc) is 2.57. The van der Waals surface area contributed by atoms with E-state index in [-0.39, 0.29) is 23.9 Å². The Morgan fingerprint density at radius 2 is 1.83 bits per heavy atom. The first-order chi connectivity index (χ1) is 8.49. The summed E-state index contributed by atoms with van der Waals surface area (Å²) in [5, 5.41) is 8.75. The molecule has 1 aromatic carbocycles. The Hall–Kier alpha value is -2.43. The van der Waals surface area contributed by atoms with Crippen LogP contribution in [0.5, 0.6) is 0 Å². The van der Waals surface area contributed by atoms with Crippen LogP contribution in [0.1, 0.15) is 22.8 Å². The van der Waals surface area contributed by atoms with Crippen molar-refractivity contribution in [2.75, 3.05) is 0 Å². The van der Waals surface area contributed by atoms with Gasteiger partial charge in [0.1, 0.15) is 0 Å². The van der Waals surface area contributed by atoms with Crippen LogP contribution in [0.4, 0.5) is 0 Å². The zero-order valence-corrected chi connectivity index (χ0v) is 9.71. The van der Waals surface area contributed by atoms with Crippen molar-refractivity contribution in [3.63, 3.8) is 0 Å². The number of carbonyl (C=O) groups is 3. The highest BCUT2D eigenvalue weighted by molar-refractivity contribution is 6.15. The van der Waals surface area contributed by atoms with Gasteiger partial charge in [-0.25, -0.2) is 4.79 Å². The van der Waals surface area contributed by atoms with E-state index < -0.39 is 5.97 Å². The van der Waals surface area contributed by atoms with Gasteiger partial charge >= 0.3 is 5.97 Å². The van der Waals surface area contributed by atoms with Crippen molar-refractivity contribution < 1.29 is 19.5 Å². The SMILES string of the molecule is CC1=CC(=O)N(Cc2ccc(C(=O)O)cc2)C1=O. The smallest absolute Gasteiger partial charge is 0.335 e. The van der Waals surface area contributed by atoms with Gasteiger partial charge in [0.25, 0.3) is 11.8 Å². The van der Waals surface area contributed by atoms with E-state index in [1.165, 1.54) is 18.2 Å². The van der Waals surface area contributed by atoms with Crippen molar-refractivity contribution in [1.82, 2.24) is 4.90 Å². The molecule has 2 rings (SSSR count). The molecule has 0 unspecified atom stereocenters. The highest BCUT2D eigenvalue weighted by Crippen LogP contribution is 2.16. The topological polar surface area (TPSA) is 74.7 Å². The highest BCUT2D eigenvalue weighted by atomic mass is 16.4. The maximum Gasteiger partial charge on any atom is 0.335 e. The molecule has 0 radical (unpaired) electrons. The number of carboxylic acid groups (broad SMARTS) is 1. The first kappa shape index (κ1) is 12.0. The Morgan fingerprint density at radius 3 is 2.28 bits per heavy atom. The third-order valence-corrected chi connectivity index (χ3v) is 2.73. The average molecular weight is 245 g/mol. The molecule has 5 heteroatoms. The van der Waals surface area contributed by atoms with Crippen LogP contribution in [0.3, 0.4) is 0 Å². The second kappa shape index (κ2) is 4.44. The van der Waals surface area contributed by atoms with Crippen molar-refractivity contribution in [2.45, 2.75) is 13.5 Å². The molecule has 0 aromatic heterocycles. The van der Waals surface area contributed by atoms with Crippen LogP contribution in [0.25, 0.3) is 0 Å². The number of rotatable bonds is 3. The molecular formula is C13H11NO4. The number of carbonyl (C=O) groups excluding carboxylic acids is 2. The Labute approximate surface area is 103 Å². The van der Waals surface area contributed by atoms with Crippen LogP contribution in [0.15, 0.2) is 35.9 Å². The van der Waals surface area contributed by atoms with Crippen LogP contribution < -0.4 is 0 Å². The van der Waals surface area contributed by atoms with E-state index in [9.17, 15) is 14.4 Å². The quantitative estimate of drug-likeness (QED) is 0.812. The zero-order valence-electron chi connectivity index (χ0n) is 9.71. The summed E-state index contributed by atoms with van der Waals surface area (Å²) < 4.78 is 0. The molecule has 18 heavy (non-hydrogen) atoms. The van der Waals surface area contributed by atoms with Gasteiger partial charge in [0.2, 0.25) is 0 Å². The minimum absolute atomic E-state index is 0.158. The fourth-order valence-electron chi connectivity index (χ4n) is 1.72. The standard InChI is InChI=1S/C13H11NO4/c1-8-6-11(15)14(12(8)16)7-9-2-4-10(5-3-9)13(17)18/h2-6H,7H2,1H3,(H,17,18). The van der Waals surface area contributed by atoms with E-state index in [2.05, 4.69) is 0 Å². The molecule has 0 atom stereocenters. The Bertz CT molecular complexity index is 557. The van der Waals surface area contributed by atoms with Crippen LogP contribution in [-0.2, 0) is 16.1 Å². The summed E-state index contributed by atoms with van der Waals surface area (Å²) in [5.41, 5.74) is 1.30. The predicted molar refractivity (Wildman–Crippen MR) is 62.7 cm³/mol.